The van der Waals surface area contributed by atoms with Crippen molar-refractivity contribution in [1.82, 2.24) is 16.3 Å². The van der Waals surface area contributed by atoms with E-state index in [1.807, 2.05) is 5.32 Å². The van der Waals surface area contributed by atoms with Gasteiger partial charge in [-0.25, -0.2) is 4.39 Å². The Balaban J connectivity index is 1.77. The Morgan fingerprint density at radius 2 is 1.68 bits per heavy atom. The standard InChI is InChI=1S/C26H18Cl2F7N3O3/c1-2-40-38-21(25(30,31)32)12-36-23(39)17-8-7-16(14-5-3-4-6-15(14)17)20-11-24(41-37-20,26(33,34)35)13-9-18(27)22(29)19(28)10-13/h3-12,37-38H,2H2,1H3,(H,36,39). The number of fused-ring (bicyclic) bond motifs is 1. The van der Waals surface area contributed by atoms with Crippen molar-refractivity contribution >= 4 is 45.6 Å². The predicted octanol–water partition coefficient (Wildman–Crippen LogP) is 7.29. The van der Waals surface area contributed by atoms with Crippen molar-refractivity contribution < 1.29 is 45.2 Å². The summed E-state index contributed by atoms with van der Waals surface area (Å²) >= 11 is 11.5. The molecule has 0 bridgehead atoms. The zero-order valence-electron chi connectivity index (χ0n) is 20.6. The molecule has 1 atom stereocenters. The van der Waals surface area contributed by atoms with Crippen molar-refractivity contribution in [3.05, 3.63) is 99.1 Å². The van der Waals surface area contributed by atoms with Crippen LogP contribution in [0.3, 0.4) is 0 Å². The van der Waals surface area contributed by atoms with Crippen LogP contribution in [0.4, 0.5) is 30.7 Å². The maximum Gasteiger partial charge on any atom is 0.434 e. The van der Waals surface area contributed by atoms with E-state index < -0.39 is 51.0 Å². The van der Waals surface area contributed by atoms with E-state index >= 15 is 0 Å². The first-order valence-electron chi connectivity index (χ1n) is 11.6. The molecule has 6 nitrogen and oxygen atoms in total. The summed E-state index contributed by atoms with van der Waals surface area (Å²) in [4.78, 5) is 22.5. The van der Waals surface area contributed by atoms with Gasteiger partial charge in [0.2, 0.25) is 5.60 Å². The summed E-state index contributed by atoms with van der Waals surface area (Å²) in [5.41, 5.74) is -1.21. The van der Waals surface area contributed by atoms with Gasteiger partial charge in [0.25, 0.3) is 5.91 Å². The highest BCUT2D eigenvalue weighted by molar-refractivity contribution is 6.35. The highest BCUT2D eigenvalue weighted by atomic mass is 35.5. The number of amides is 1. The maximum absolute atomic E-state index is 14.4. The SMILES string of the molecule is CCONC(=CNC(=O)c1ccc(C2=CC(c3cc(Cl)c(F)c(Cl)c3)(C(F)(F)F)ON2)c2ccccc12)C(F)(F)F. The third kappa shape index (κ3) is 5.94. The Morgan fingerprint density at radius 3 is 2.27 bits per heavy atom. The average Bonchev–Trinajstić information content (AvgIpc) is 3.37. The molecule has 3 N–H and O–H groups in total. The first kappa shape index (κ1) is 30.4. The Kier molecular flexibility index (Phi) is 8.46. The summed E-state index contributed by atoms with van der Waals surface area (Å²) in [5, 5.41) is 1.22. The van der Waals surface area contributed by atoms with Gasteiger partial charge < -0.3 is 5.32 Å². The molecule has 218 valence electrons. The van der Waals surface area contributed by atoms with Gasteiger partial charge in [0.15, 0.2) is 11.5 Å². The first-order valence-corrected chi connectivity index (χ1v) is 12.3. The number of carbonyl (C=O) groups excluding carboxylic acids is 1. The van der Waals surface area contributed by atoms with Gasteiger partial charge in [-0.2, -0.15) is 26.3 Å². The smallest absolute Gasteiger partial charge is 0.326 e. The van der Waals surface area contributed by atoms with Crippen molar-refractivity contribution in [2.24, 2.45) is 0 Å². The minimum Gasteiger partial charge on any atom is -0.326 e. The lowest BCUT2D eigenvalue weighted by Crippen LogP contribution is -2.42. The molecule has 15 heteroatoms. The van der Waals surface area contributed by atoms with Crippen molar-refractivity contribution in [2.45, 2.75) is 24.9 Å². The van der Waals surface area contributed by atoms with Crippen LogP contribution < -0.4 is 16.3 Å². The van der Waals surface area contributed by atoms with Crippen LogP contribution in [-0.2, 0) is 15.3 Å². The minimum atomic E-state index is -5.07. The summed E-state index contributed by atoms with van der Waals surface area (Å²) in [5.74, 6) is -2.03. The van der Waals surface area contributed by atoms with Gasteiger partial charge >= 0.3 is 12.4 Å². The number of hydroxylamine groups is 2. The van der Waals surface area contributed by atoms with Gasteiger partial charge in [-0.05, 0) is 42.0 Å². The molecule has 1 unspecified atom stereocenters. The average molecular weight is 624 g/mol. The van der Waals surface area contributed by atoms with Crippen LogP contribution in [0.5, 0.6) is 0 Å². The molecule has 1 aliphatic heterocycles. The second-order valence-corrected chi connectivity index (χ2v) is 9.33. The Bertz CT molecular complexity index is 1530. The molecule has 1 heterocycles. The lowest BCUT2D eigenvalue weighted by molar-refractivity contribution is -0.269. The van der Waals surface area contributed by atoms with E-state index in [0.29, 0.717) is 12.3 Å². The lowest BCUT2D eigenvalue weighted by atomic mass is 9.90. The molecule has 0 aliphatic carbocycles. The van der Waals surface area contributed by atoms with Crippen LogP contribution in [0.1, 0.15) is 28.4 Å². The molecule has 0 radical (unpaired) electrons. The zero-order valence-corrected chi connectivity index (χ0v) is 22.1. The van der Waals surface area contributed by atoms with E-state index in [4.69, 9.17) is 28.0 Å². The van der Waals surface area contributed by atoms with Gasteiger partial charge in [0, 0.05) is 22.9 Å². The van der Waals surface area contributed by atoms with Crippen molar-refractivity contribution in [2.75, 3.05) is 6.61 Å². The van der Waals surface area contributed by atoms with Gasteiger partial charge in [-0.3, -0.25) is 25.4 Å². The predicted molar refractivity (Wildman–Crippen MR) is 137 cm³/mol. The molecule has 41 heavy (non-hydrogen) atoms. The van der Waals surface area contributed by atoms with Crippen LogP contribution >= 0.6 is 23.2 Å². The van der Waals surface area contributed by atoms with E-state index in [0.717, 1.165) is 12.1 Å². The van der Waals surface area contributed by atoms with E-state index in [1.54, 1.807) is 11.5 Å². The topological polar surface area (TPSA) is 71.6 Å². The van der Waals surface area contributed by atoms with E-state index in [9.17, 15) is 35.5 Å². The first-order chi connectivity index (χ1) is 19.2. The summed E-state index contributed by atoms with van der Waals surface area (Å²) < 4.78 is 96.8. The molecule has 0 fully saturated rings. The number of halogens is 9. The van der Waals surface area contributed by atoms with Crippen LogP contribution in [0.25, 0.3) is 16.5 Å². The molecule has 3 aromatic rings. The quantitative estimate of drug-likeness (QED) is 0.146. The lowest BCUT2D eigenvalue weighted by Gasteiger charge is -2.28. The molecule has 4 rings (SSSR count). The Hall–Kier alpha value is -3.52. The number of allylic oxidation sites excluding steroid dienone is 1. The molecular formula is C26H18Cl2F7N3O3. The molecular weight excluding hydrogens is 606 g/mol. The van der Waals surface area contributed by atoms with Crippen LogP contribution in [0.2, 0.25) is 10.0 Å². The molecule has 1 amide bonds. The van der Waals surface area contributed by atoms with Crippen LogP contribution in [0, 0.1) is 5.82 Å². The third-order valence-corrected chi connectivity index (χ3v) is 6.49. The fourth-order valence-electron chi connectivity index (χ4n) is 4.01. The Morgan fingerprint density at radius 1 is 1.05 bits per heavy atom. The molecule has 0 spiro atoms. The highest BCUT2D eigenvalue weighted by Crippen LogP contribution is 2.49. The number of hydrogen-bond donors (Lipinski definition) is 3. The number of benzene rings is 3. The summed E-state index contributed by atoms with van der Waals surface area (Å²) in [6.45, 7) is 1.37. The molecule has 0 aromatic heterocycles. The fraction of sp³-hybridized carbons (Fsp3) is 0.192. The van der Waals surface area contributed by atoms with E-state index in [-0.39, 0.29) is 34.2 Å². The normalized spacial score (nSPS) is 17.8. The number of rotatable bonds is 7. The second kappa shape index (κ2) is 11.4. The summed E-state index contributed by atoms with van der Waals surface area (Å²) in [6, 6.07) is 10.1. The molecule has 0 saturated carbocycles. The Labute approximate surface area is 237 Å². The monoisotopic (exact) mass is 623 g/mol. The highest BCUT2D eigenvalue weighted by Gasteiger charge is 2.60. The molecule has 3 aromatic carbocycles. The minimum absolute atomic E-state index is 0.0720. The molecule has 0 saturated heterocycles. The zero-order chi connectivity index (χ0) is 30.2. The summed E-state index contributed by atoms with van der Waals surface area (Å²) in [7, 11) is 0. The van der Waals surface area contributed by atoms with E-state index in [2.05, 4.69) is 10.3 Å². The number of nitrogens with one attached hydrogen (secondary N) is 3. The maximum atomic E-state index is 14.4. The van der Waals surface area contributed by atoms with Gasteiger partial charge in [-0.1, -0.05) is 53.5 Å². The van der Waals surface area contributed by atoms with Crippen molar-refractivity contribution in [3.8, 4) is 0 Å². The van der Waals surface area contributed by atoms with Crippen LogP contribution in [0.15, 0.2) is 66.5 Å². The number of alkyl halides is 6. The number of carbonyl (C=O) groups is 1. The van der Waals surface area contributed by atoms with E-state index in [1.165, 1.54) is 37.3 Å². The van der Waals surface area contributed by atoms with Crippen molar-refractivity contribution in [1.29, 1.82) is 0 Å². The van der Waals surface area contributed by atoms with Gasteiger partial charge in [0.1, 0.15) is 0 Å². The largest absolute Gasteiger partial charge is 0.434 e. The fourth-order valence-corrected chi connectivity index (χ4v) is 4.50. The van der Waals surface area contributed by atoms with Crippen molar-refractivity contribution in [3.63, 3.8) is 0 Å². The third-order valence-electron chi connectivity index (χ3n) is 5.94. The van der Waals surface area contributed by atoms with Gasteiger partial charge in [0.05, 0.1) is 22.3 Å². The van der Waals surface area contributed by atoms with Crippen LogP contribution in [-0.4, -0.2) is 24.9 Å². The second-order valence-electron chi connectivity index (χ2n) is 8.52. The van der Waals surface area contributed by atoms with Gasteiger partial charge in [-0.15, -0.1) is 0 Å². The molecule has 1 aliphatic rings. The number of hydrogen-bond acceptors (Lipinski definition) is 5. The summed E-state index contributed by atoms with van der Waals surface area (Å²) in [6.07, 6.45) is -8.82.